The molecule has 2 aromatic heterocycles. The lowest BCUT2D eigenvalue weighted by Crippen LogP contribution is -2.11. The van der Waals surface area contributed by atoms with E-state index in [1.54, 1.807) is 6.20 Å². The number of benzene rings is 2. The standard InChI is InChI=1S/C26H27N5O2/c32-24(14-8-15-25-27-18-22(33-25)19-9-3-1-4-10-19)28-21-12-7-11-20(17-21)26-30-29-23-13-5-2-6-16-31(23)26/h1,3-4,7,9-12,17-18H,2,5-6,8,13-16H2,(H,28,32). The van der Waals surface area contributed by atoms with E-state index in [0.29, 0.717) is 25.2 Å². The number of aryl methyl sites for hydroxylation is 2. The van der Waals surface area contributed by atoms with Crippen LogP contribution >= 0.6 is 0 Å². The summed E-state index contributed by atoms with van der Waals surface area (Å²) in [6.07, 6.45) is 7.92. The second-order valence-electron chi connectivity index (χ2n) is 8.37. The number of amides is 1. The summed E-state index contributed by atoms with van der Waals surface area (Å²) in [5.74, 6) is 3.30. The number of nitrogens with zero attached hydrogens (tertiary/aromatic N) is 4. The van der Waals surface area contributed by atoms with Crippen molar-refractivity contribution in [3.8, 4) is 22.7 Å². The first kappa shape index (κ1) is 21.1. The largest absolute Gasteiger partial charge is 0.441 e. The zero-order chi connectivity index (χ0) is 22.5. The second kappa shape index (κ2) is 9.81. The van der Waals surface area contributed by atoms with E-state index in [9.17, 15) is 4.79 Å². The fourth-order valence-electron chi connectivity index (χ4n) is 4.22. The zero-order valence-electron chi connectivity index (χ0n) is 18.5. The first-order chi connectivity index (χ1) is 16.3. The predicted octanol–water partition coefficient (Wildman–Crippen LogP) is 5.29. The molecule has 168 valence electrons. The predicted molar refractivity (Wildman–Crippen MR) is 127 cm³/mol. The third-order valence-corrected chi connectivity index (χ3v) is 5.92. The summed E-state index contributed by atoms with van der Waals surface area (Å²) >= 11 is 0. The minimum atomic E-state index is -0.0259. The van der Waals surface area contributed by atoms with E-state index in [1.807, 2.05) is 54.6 Å². The highest BCUT2D eigenvalue weighted by Crippen LogP contribution is 2.25. The molecule has 5 rings (SSSR count). The highest BCUT2D eigenvalue weighted by Gasteiger charge is 2.16. The van der Waals surface area contributed by atoms with E-state index in [1.165, 1.54) is 6.42 Å². The highest BCUT2D eigenvalue weighted by atomic mass is 16.4. The van der Waals surface area contributed by atoms with Crippen LogP contribution < -0.4 is 5.32 Å². The summed E-state index contributed by atoms with van der Waals surface area (Å²) in [6, 6.07) is 17.7. The lowest BCUT2D eigenvalue weighted by atomic mass is 10.1. The summed E-state index contributed by atoms with van der Waals surface area (Å²) in [5.41, 5.74) is 2.74. The van der Waals surface area contributed by atoms with Gasteiger partial charge in [0.2, 0.25) is 5.91 Å². The van der Waals surface area contributed by atoms with Gasteiger partial charge >= 0.3 is 0 Å². The molecule has 3 heterocycles. The van der Waals surface area contributed by atoms with E-state index >= 15 is 0 Å². The Morgan fingerprint density at radius 1 is 1.00 bits per heavy atom. The smallest absolute Gasteiger partial charge is 0.224 e. The van der Waals surface area contributed by atoms with Gasteiger partial charge in [0.25, 0.3) is 0 Å². The van der Waals surface area contributed by atoms with Gasteiger partial charge in [0.1, 0.15) is 5.82 Å². The van der Waals surface area contributed by atoms with Crippen LogP contribution in [-0.4, -0.2) is 25.7 Å². The third-order valence-electron chi connectivity index (χ3n) is 5.92. The monoisotopic (exact) mass is 441 g/mol. The lowest BCUT2D eigenvalue weighted by molar-refractivity contribution is -0.116. The second-order valence-corrected chi connectivity index (χ2v) is 8.37. The molecule has 2 aromatic carbocycles. The number of nitrogens with one attached hydrogen (secondary N) is 1. The Bertz CT molecular complexity index is 1230. The molecule has 1 N–H and O–H groups in total. The van der Waals surface area contributed by atoms with Crippen molar-refractivity contribution in [2.75, 3.05) is 5.32 Å². The molecule has 7 nitrogen and oxygen atoms in total. The lowest BCUT2D eigenvalue weighted by Gasteiger charge is -2.09. The summed E-state index contributed by atoms with van der Waals surface area (Å²) in [5, 5.41) is 11.8. The molecule has 0 radical (unpaired) electrons. The molecule has 7 heteroatoms. The average Bonchev–Trinajstić information content (AvgIpc) is 3.41. The van der Waals surface area contributed by atoms with E-state index in [0.717, 1.165) is 60.0 Å². The van der Waals surface area contributed by atoms with Gasteiger partial charge in [-0.1, -0.05) is 48.9 Å². The number of aromatic nitrogens is 4. The van der Waals surface area contributed by atoms with Gasteiger partial charge < -0.3 is 14.3 Å². The molecule has 1 amide bonds. The van der Waals surface area contributed by atoms with Gasteiger partial charge in [-0.15, -0.1) is 10.2 Å². The number of oxazole rings is 1. The third kappa shape index (κ3) is 5.03. The molecule has 0 spiro atoms. The van der Waals surface area contributed by atoms with Gasteiger partial charge in [0.15, 0.2) is 17.5 Å². The van der Waals surface area contributed by atoms with Crippen molar-refractivity contribution in [1.82, 2.24) is 19.7 Å². The van der Waals surface area contributed by atoms with E-state index < -0.39 is 0 Å². The Morgan fingerprint density at radius 2 is 1.88 bits per heavy atom. The number of hydrogen-bond donors (Lipinski definition) is 1. The summed E-state index contributed by atoms with van der Waals surface area (Å²) < 4.78 is 8.04. The minimum Gasteiger partial charge on any atom is -0.441 e. The van der Waals surface area contributed by atoms with Crippen molar-refractivity contribution in [1.29, 1.82) is 0 Å². The Kier molecular flexibility index (Phi) is 6.28. The van der Waals surface area contributed by atoms with Gasteiger partial charge in [-0.25, -0.2) is 4.98 Å². The number of carbonyl (C=O) groups is 1. The molecular weight excluding hydrogens is 414 g/mol. The number of rotatable bonds is 7. The minimum absolute atomic E-state index is 0.0259. The highest BCUT2D eigenvalue weighted by molar-refractivity contribution is 5.91. The fraction of sp³-hybridized carbons (Fsp3) is 0.308. The first-order valence-corrected chi connectivity index (χ1v) is 11.6. The molecule has 0 saturated carbocycles. The molecule has 0 aliphatic carbocycles. The quantitative estimate of drug-likeness (QED) is 0.421. The Morgan fingerprint density at radius 3 is 2.79 bits per heavy atom. The number of anilines is 1. The van der Waals surface area contributed by atoms with E-state index in [-0.39, 0.29) is 5.91 Å². The number of carbonyl (C=O) groups excluding carboxylic acids is 1. The van der Waals surface area contributed by atoms with Crippen LogP contribution in [0.25, 0.3) is 22.7 Å². The summed E-state index contributed by atoms with van der Waals surface area (Å²) in [4.78, 5) is 16.9. The Labute approximate surface area is 192 Å². The van der Waals surface area contributed by atoms with Crippen LogP contribution in [0.5, 0.6) is 0 Å². The Balaban J connectivity index is 1.17. The molecule has 0 atom stereocenters. The van der Waals surface area contributed by atoms with Crippen molar-refractivity contribution in [2.45, 2.75) is 51.5 Å². The topological polar surface area (TPSA) is 85.8 Å². The SMILES string of the molecule is O=C(CCCc1ncc(-c2ccccc2)o1)Nc1cccc(-c2nnc3n2CCCCC3)c1. The van der Waals surface area contributed by atoms with Crippen LogP contribution in [0.4, 0.5) is 5.69 Å². The first-order valence-electron chi connectivity index (χ1n) is 11.6. The van der Waals surface area contributed by atoms with E-state index in [2.05, 4.69) is 25.1 Å². The summed E-state index contributed by atoms with van der Waals surface area (Å²) in [6.45, 7) is 0.945. The van der Waals surface area contributed by atoms with Crippen molar-refractivity contribution in [2.24, 2.45) is 0 Å². The number of hydrogen-bond acceptors (Lipinski definition) is 5. The maximum absolute atomic E-state index is 12.5. The van der Waals surface area contributed by atoms with Crippen molar-refractivity contribution in [3.63, 3.8) is 0 Å². The van der Waals surface area contributed by atoms with Crippen LogP contribution in [0.1, 0.15) is 43.8 Å². The van der Waals surface area contributed by atoms with Gasteiger partial charge in [0, 0.05) is 42.6 Å². The van der Waals surface area contributed by atoms with Gasteiger partial charge in [-0.2, -0.15) is 0 Å². The van der Waals surface area contributed by atoms with Crippen molar-refractivity contribution < 1.29 is 9.21 Å². The van der Waals surface area contributed by atoms with Crippen LogP contribution in [0.3, 0.4) is 0 Å². The molecule has 0 saturated heterocycles. The summed E-state index contributed by atoms with van der Waals surface area (Å²) in [7, 11) is 0. The molecule has 0 fully saturated rings. The molecule has 1 aliphatic heterocycles. The van der Waals surface area contributed by atoms with Crippen LogP contribution in [-0.2, 0) is 24.2 Å². The van der Waals surface area contributed by atoms with Crippen molar-refractivity contribution >= 4 is 11.6 Å². The molecular formula is C26H27N5O2. The number of fused-ring (bicyclic) bond motifs is 1. The Hall–Kier alpha value is -3.74. The van der Waals surface area contributed by atoms with Crippen molar-refractivity contribution in [3.05, 3.63) is 72.5 Å². The van der Waals surface area contributed by atoms with Crippen LogP contribution in [0.2, 0.25) is 0 Å². The molecule has 0 unspecified atom stereocenters. The van der Waals surface area contributed by atoms with Crippen LogP contribution in [0, 0.1) is 0 Å². The fourth-order valence-corrected chi connectivity index (χ4v) is 4.22. The van der Waals surface area contributed by atoms with Crippen LogP contribution in [0.15, 0.2) is 65.2 Å². The molecule has 1 aliphatic rings. The molecule has 4 aromatic rings. The molecule has 0 bridgehead atoms. The van der Waals surface area contributed by atoms with E-state index in [4.69, 9.17) is 4.42 Å². The maximum atomic E-state index is 12.5. The van der Waals surface area contributed by atoms with Gasteiger partial charge in [0.05, 0.1) is 6.20 Å². The zero-order valence-corrected chi connectivity index (χ0v) is 18.5. The maximum Gasteiger partial charge on any atom is 0.224 e. The van der Waals surface area contributed by atoms with Gasteiger partial charge in [-0.05, 0) is 31.4 Å². The van der Waals surface area contributed by atoms with Gasteiger partial charge in [-0.3, -0.25) is 4.79 Å². The average molecular weight is 442 g/mol. The molecule has 33 heavy (non-hydrogen) atoms. The normalized spacial score (nSPS) is 13.3.